The number of aromatic nitrogens is 2. The Morgan fingerprint density at radius 3 is 1.96 bits per heavy atom. The van der Waals surface area contributed by atoms with E-state index in [1.165, 1.54) is 0 Å². The van der Waals surface area contributed by atoms with Gasteiger partial charge in [-0.3, -0.25) is 14.9 Å². The van der Waals surface area contributed by atoms with Crippen molar-refractivity contribution in [2.45, 2.75) is 17.7 Å². The molecule has 2 aromatic heterocycles. The molecule has 0 bridgehead atoms. The normalized spacial score (nSPS) is 14.0. The van der Waals surface area contributed by atoms with Gasteiger partial charge in [0.2, 0.25) is 0 Å². The Hall–Kier alpha value is -2.64. The van der Waals surface area contributed by atoms with Crippen molar-refractivity contribution in [3.05, 3.63) is 96.1 Å². The van der Waals surface area contributed by atoms with Gasteiger partial charge in [-0.05, 0) is 24.7 Å². The predicted molar refractivity (Wildman–Crippen MR) is 106 cm³/mol. The van der Waals surface area contributed by atoms with Crippen molar-refractivity contribution in [2.24, 2.45) is 0 Å². The lowest BCUT2D eigenvalue weighted by Crippen LogP contribution is -2.46. The fraction of sp³-hybridized carbons (Fsp3) is 0.273. The molecule has 6 heteroatoms. The molecule has 3 aromatic rings. The van der Waals surface area contributed by atoms with Gasteiger partial charge >= 0.3 is 0 Å². The van der Waals surface area contributed by atoms with Crippen LogP contribution in [-0.2, 0) is 5.60 Å². The first-order chi connectivity index (χ1) is 13.6. The Kier molecular flexibility index (Phi) is 6.49. The molecule has 6 nitrogen and oxygen atoms in total. The van der Waals surface area contributed by atoms with Crippen LogP contribution < -0.4 is 0 Å². The van der Waals surface area contributed by atoms with E-state index in [0.717, 1.165) is 5.56 Å². The fourth-order valence-electron chi connectivity index (χ4n) is 3.60. The maximum absolute atomic E-state index is 12.2. The van der Waals surface area contributed by atoms with Gasteiger partial charge in [-0.1, -0.05) is 42.5 Å². The maximum atomic E-state index is 12.2. The molecule has 2 heterocycles. The molecule has 0 spiro atoms. The average Bonchev–Trinajstić information content (AvgIpc) is 2.75. The third kappa shape index (κ3) is 4.10. The molecule has 28 heavy (non-hydrogen) atoms. The number of likely N-dealkylation sites (N-methyl/N-ethyl adjacent to an activating group) is 1. The largest absolute Gasteiger partial charge is 0.394 e. The summed E-state index contributed by atoms with van der Waals surface area (Å²) in [6.07, 6.45) is 5.66. The third-order valence-corrected chi connectivity index (χ3v) is 4.86. The first kappa shape index (κ1) is 20.1. The van der Waals surface area contributed by atoms with E-state index in [0.29, 0.717) is 11.1 Å². The van der Waals surface area contributed by atoms with Crippen molar-refractivity contribution in [1.82, 2.24) is 14.9 Å². The summed E-state index contributed by atoms with van der Waals surface area (Å²) in [6.45, 7) is -0.178. The number of pyridine rings is 2. The third-order valence-electron chi connectivity index (χ3n) is 4.86. The summed E-state index contributed by atoms with van der Waals surface area (Å²) in [5.41, 5.74) is 0.614. The fourth-order valence-corrected chi connectivity index (χ4v) is 3.60. The van der Waals surface area contributed by atoms with Gasteiger partial charge in [-0.25, -0.2) is 0 Å². The summed E-state index contributed by atoms with van der Waals surface area (Å²) in [5.74, 6) is 0. The summed E-state index contributed by atoms with van der Waals surface area (Å²) < 4.78 is 0. The van der Waals surface area contributed by atoms with Crippen LogP contribution in [0.15, 0.2) is 79.4 Å². The highest BCUT2D eigenvalue weighted by Crippen LogP contribution is 2.43. The minimum Gasteiger partial charge on any atom is -0.394 e. The predicted octanol–water partition coefficient (Wildman–Crippen LogP) is 1.74. The molecule has 0 aliphatic rings. The highest BCUT2D eigenvalue weighted by molar-refractivity contribution is 5.39. The summed E-state index contributed by atoms with van der Waals surface area (Å²) in [6, 6.07) is 16.3. The molecule has 2 atom stereocenters. The number of aliphatic hydroxyl groups is 3. The summed E-state index contributed by atoms with van der Waals surface area (Å²) in [7, 11) is 1.81. The molecule has 0 saturated heterocycles. The van der Waals surface area contributed by atoms with E-state index < -0.39 is 17.7 Å². The molecule has 0 aliphatic heterocycles. The Bertz CT molecular complexity index is 807. The van der Waals surface area contributed by atoms with E-state index in [2.05, 4.69) is 9.97 Å². The van der Waals surface area contributed by atoms with E-state index in [1.54, 1.807) is 36.9 Å². The number of rotatable bonds is 8. The second-order valence-corrected chi connectivity index (χ2v) is 6.84. The molecule has 0 amide bonds. The number of hydrogen-bond donors (Lipinski definition) is 3. The van der Waals surface area contributed by atoms with Gasteiger partial charge in [-0.2, -0.15) is 0 Å². The van der Waals surface area contributed by atoms with Crippen LogP contribution in [0.25, 0.3) is 0 Å². The highest BCUT2D eigenvalue weighted by atomic mass is 16.3. The molecular formula is C22H25N3O3. The SMILES string of the molecule is CN(CC(O)CO)C(c1ccccc1)C(O)(c1cccnc1)c1cccnc1. The monoisotopic (exact) mass is 379 g/mol. The molecule has 0 saturated carbocycles. The van der Waals surface area contributed by atoms with Crippen LogP contribution in [-0.4, -0.2) is 56.5 Å². The van der Waals surface area contributed by atoms with E-state index in [-0.39, 0.29) is 13.2 Å². The maximum Gasteiger partial charge on any atom is 0.137 e. The smallest absolute Gasteiger partial charge is 0.137 e. The van der Waals surface area contributed by atoms with Gasteiger partial charge in [0, 0.05) is 42.5 Å². The van der Waals surface area contributed by atoms with Crippen LogP contribution in [0, 0.1) is 0 Å². The molecule has 1 aromatic carbocycles. The second kappa shape index (κ2) is 9.03. The lowest BCUT2D eigenvalue weighted by atomic mass is 9.77. The molecule has 2 unspecified atom stereocenters. The van der Waals surface area contributed by atoms with Crippen molar-refractivity contribution in [1.29, 1.82) is 0 Å². The number of nitrogens with zero attached hydrogens (tertiary/aromatic N) is 3. The Morgan fingerprint density at radius 1 is 0.929 bits per heavy atom. The van der Waals surface area contributed by atoms with E-state index in [1.807, 2.05) is 54.4 Å². The zero-order valence-electron chi connectivity index (χ0n) is 15.8. The first-order valence-corrected chi connectivity index (χ1v) is 9.15. The highest BCUT2D eigenvalue weighted by Gasteiger charge is 2.44. The number of aliphatic hydroxyl groups excluding tert-OH is 2. The molecule has 0 fully saturated rings. The van der Waals surface area contributed by atoms with Gasteiger partial charge in [0.15, 0.2) is 0 Å². The molecule has 0 radical (unpaired) electrons. The van der Waals surface area contributed by atoms with Crippen molar-refractivity contribution >= 4 is 0 Å². The van der Waals surface area contributed by atoms with Crippen LogP contribution in [0.4, 0.5) is 0 Å². The lowest BCUT2D eigenvalue weighted by Gasteiger charge is -2.42. The Labute approximate surface area is 164 Å². The zero-order chi connectivity index (χ0) is 20.0. The topological polar surface area (TPSA) is 89.7 Å². The van der Waals surface area contributed by atoms with Crippen LogP contribution >= 0.6 is 0 Å². The molecule has 0 aliphatic carbocycles. The van der Waals surface area contributed by atoms with Gasteiger partial charge in [-0.15, -0.1) is 0 Å². The van der Waals surface area contributed by atoms with Crippen LogP contribution in [0.5, 0.6) is 0 Å². The van der Waals surface area contributed by atoms with Crippen molar-refractivity contribution < 1.29 is 15.3 Å². The van der Waals surface area contributed by atoms with E-state index in [9.17, 15) is 15.3 Å². The van der Waals surface area contributed by atoms with Crippen molar-refractivity contribution in [3.63, 3.8) is 0 Å². The number of benzene rings is 1. The quantitative estimate of drug-likeness (QED) is 0.552. The minimum atomic E-state index is -1.48. The van der Waals surface area contributed by atoms with E-state index >= 15 is 0 Å². The minimum absolute atomic E-state index is 0.179. The van der Waals surface area contributed by atoms with Crippen molar-refractivity contribution in [3.8, 4) is 0 Å². The summed E-state index contributed by atoms with van der Waals surface area (Å²) in [4.78, 5) is 10.2. The van der Waals surface area contributed by atoms with Crippen LogP contribution in [0.1, 0.15) is 22.7 Å². The molecule has 146 valence electrons. The van der Waals surface area contributed by atoms with E-state index in [4.69, 9.17) is 0 Å². The second-order valence-electron chi connectivity index (χ2n) is 6.84. The van der Waals surface area contributed by atoms with Crippen LogP contribution in [0.2, 0.25) is 0 Å². The van der Waals surface area contributed by atoms with Crippen molar-refractivity contribution in [2.75, 3.05) is 20.2 Å². The molecular weight excluding hydrogens is 354 g/mol. The van der Waals surface area contributed by atoms with Gasteiger partial charge in [0.25, 0.3) is 0 Å². The van der Waals surface area contributed by atoms with Gasteiger partial charge in [0.05, 0.1) is 18.8 Å². The number of hydrogen-bond acceptors (Lipinski definition) is 6. The summed E-state index contributed by atoms with van der Waals surface area (Å²) in [5, 5.41) is 31.5. The molecule has 3 rings (SSSR count). The standard InChI is InChI=1S/C22H25N3O3/c1-25(15-20(27)16-26)21(17-7-3-2-4-8-17)22(28,18-9-5-11-23-13-18)19-10-6-12-24-14-19/h2-14,20-21,26-28H,15-16H2,1H3. The van der Waals surface area contributed by atoms with Gasteiger partial charge in [0.1, 0.15) is 5.60 Å². The first-order valence-electron chi connectivity index (χ1n) is 9.15. The molecule has 3 N–H and O–H groups in total. The Balaban J connectivity index is 2.20. The average molecular weight is 379 g/mol. The summed E-state index contributed by atoms with van der Waals surface area (Å²) >= 11 is 0. The van der Waals surface area contributed by atoms with Gasteiger partial charge < -0.3 is 15.3 Å². The zero-order valence-corrected chi connectivity index (χ0v) is 15.8. The van der Waals surface area contributed by atoms with Crippen LogP contribution in [0.3, 0.4) is 0 Å². The lowest BCUT2D eigenvalue weighted by molar-refractivity contribution is -0.0335. The Morgan fingerprint density at radius 2 is 1.50 bits per heavy atom.